The lowest BCUT2D eigenvalue weighted by Crippen LogP contribution is -2.31. The first-order valence-electron chi connectivity index (χ1n) is 7.07. The van der Waals surface area contributed by atoms with E-state index in [1.54, 1.807) is 31.4 Å². The fraction of sp³-hybridized carbons (Fsp3) is 0.200. The molecule has 0 aliphatic carbocycles. The first kappa shape index (κ1) is 17.2. The Hall–Kier alpha value is -3.20. The molecule has 1 heterocycles. The highest BCUT2D eigenvalue weighted by Crippen LogP contribution is 2.23. The Labute approximate surface area is 138 Å². The lowest BCUT2D eigenvalue weighted by molar-refractivity contribution is -0.108. The molecule has 9 heteroatoms. The molecule has 1 atom stereocenters. The summed E-state index contributed by atoms with van der Waals surface area (Å²) in [5.74, 6) is 0.303. The average molecular weight is 330 g/mol. The number of primary amides is 1. The van der Waals surface area contributed by atoms with Crippen LogP contribution in [-0.4, -0.2) is 41.9 Å². The Morgan fingerprint density at radius 1 is 1.46 bits per heavy atom. The summed E-state index contributed by atoms with van der Waals surface area (Å²) < 4.78 is 5.15. The van der Waals surface area contributed by atoms with Crippen LogP contribution in [0.5, 0.6) is 5.75 Å². The number of carbonyl (C=O) groups is 2. The van der Waals surface area contributed by atoms with Crippen LogP contribution >= 0.6 is 0 Å². The first-order valence-corrected chi connectivity index (χ1v) is 7.07. The maximum Gasteiger partial charge on any atom is 0.254 e. The van der Waals surface area contributed by atoms with Gasteiger partial charge in [0.25, 0.3) is 5.91 Å². The second-order valence-electron chi connectivity index (χ2n) is 4.80. The Morgan fingerprint density at radius 3 is 2.88 bits per heavy atom. The van der Waals surface area contributed by atoms with Crippen LogP contribution in [0, 0.1) is 0 Å². The van der Waals surface area contributed by atoms with Gasteiger partial charge in [0.2, 0.25) is 5.95 Å². The van der Waals surface area contributed by atoms with Crippen molar-refractivity contribution in [3.63, 3.8) is 0 Å². The second-order valence-corrected chi connectivity index (χ2v) is 4.80. The van der Waals surface area contributed by atoms with E-state index in [1.807, 2.05) is 0 Å². The van der Waals surface area contributed by atoms with Gasteiger partial charge in [-0.3, -0.25) is 4.79 Å². The number of ether oxygens (including phenoxy) is 1. The van der Waals surface area contributed by atoms with Gasteiger partial charge >= 0.3 is 0 Å². The Bertz CT molecular complexity index is 737. The summed E-state index contributed by atoms with van der Waals surface area (Å²) in [7, 11) is 1.55. The van der Waals surface area contributed by atoms with Crippen molar-refractivity contribution < 1.29 is 14.3 Å². The van der Waals surface area contributed by atoms with Gasteiger partial charge in [-0.05, 0) is 12.1 Å². The molecule has 1 aromatic carbocycles. The molecule has 2 aromatic rings. The largest absolute Gasteiger partial charge is 0.497 e. The van der Waals surface area contributed by atoms with Gasteiger partial charge in [-0.25, -0.2) is 4.98 Å². The van der Waals surface area contributed by atoms with E-state index in [9.17, 15) is 9.59 Å². The van der Waals surface area contributed by atoms with Crippen LogP contribution in [0.3, 0.4) is 0 Å². The van der Waals surface area contributed by atoms with Crippen molar-refractivity contribution in [1.29, 1.82) is 0 Å². The Kier molecular flexibility index (Phi) is 5.63. The first-order chi connectivity index (χ1) is 11.6. The molecular weight excluding hydrogens is 312 g/mol. The van der Waals surface area contributed by atoms with Gasteiger partial charge < -0.3 is 31.6 Å². The predicted molar refractivity (Wildman–Crippen MR) is 89.4 cm³/mol. The lowest BCUT2D eigenvalue weighted by atomic mass is 10.2. The number of carbonyl (C=O) groups excluding carboxylic acids is 2. The molecule has 6 N–H and O–H groups in total. The summed E-state index contributed by atoms with van der Waals surface area (Å²) in [5, 5.41) is 5.75. The Balaban J connectivity index is 2.33. The molecule has 9 nitrogen and oxygen atoms in total. The number of benzene rings is 1. The Morgan fingerprint density at radius 2 is 2.25 bits per heavy atom. The van der Waals surface area contributed by atoms with E-state index in [1.165, 1.54) is 6.20 Å². The molecular formula is C15H18N6O3. The highest BCUT2D eigenvalue weighted by molar-refractivity contribution is 5.98. The van der Waals surface area contributed by atoms with Crippen molar-refractivity contribution in [2.24, 2.45) is 11.5 Å². The van der Waals surface area contributed by atoms with Gasteiger partial charge in [0.05, 0.1) is 13.2 Å². The number of methoxy groups -OCH3 is 1. The number of nitrogens with zero attached hydrogens (tertiary/aromatic N) is 2. The fourth-order valence-corrected chi connectivity index (χ4v) is 1.88. The maximum absolute atomic E-state index is 11.6. The lowest BCUT2D eigenvalue weighted by Gasteiger charge is -2.14. The molecule has 0 radical (unpaired) electrons. The molecule has 0 bridgehead atoms. The quantitative estimate of drug-likeness (QED) is 0.504. The molecule has 1 unspecified atom stereocenters. The molecule has 1 amide bonds. The van der Waals surface area contributed by atoms with Crippen molar-refractivity contribution in [1.82, 2.24) is 9.97 Å². The number of anilines is 3. The monoisotopic (exact) mass is 330 g/mol. The van der Waals surface area contributed by atoms with E-state index < -0.39 is 11.9 Å². The van der Waals surface area contributed by atoms with Crippen molar-refractivity contribution in [2.75, 3.05) is 24.3 Å². The number of nitrogens with one attached hydrogen (secondary N) is 2. The molecule has 0 spiro atoms. The van der Waals surface area contributed by atoms with Gasteiger partial charge in [-0.15, -0.1) is 0 Å². The van der Waals surface area contributed by atoms with E-state index >= 15 is 0 Å². The van der Waals surface area contributed by atoms with E-state index in [0.29, 0.717) is 17.7 Å². The zero-order valence-electron chi connectivity index (χ0n) is 13.0. The fourth-order valence-electron chi connectivity index (χ4n) is 1.88. The van der Waals surface area contributed by atoms with Gasteiger partial charge in [0.15, 0.2) is 0 Å². The zero-order valence-corrected chi connectivity index (χ0v) is 13.0. The van der Waals surface area contributed by atoms with E-state index in [4.69, 9.17) is 16.2 Å². The summed E-state index contributed by atoms with van der Waals surface area (Å²) in [5.41, 5.74) is 11.6. The molecule has 2 rings (SSSR count). The molecule has 0 fully saturated rings. The van der Waals surface area contributed by atoms with Crippen LogP contribution in [0.15, 0.2) is 30.5 Å². The summed E-state index contributed by atoms with van der Waals surface area (Å²) in [6.07, 6.45) is 1.93. The van der Waals surface area contributed by atoms with Crippen molar-refractivity contribution in [2.45, 2.75) is 6.04 Å². The number of hydrogen-bond donors (Lipinski definition) is 4. The zero-order chi connectivity index (χ0) is 17.5. The minimum Gasteiger partial charge on any atom is -0.497 e. The minimum absolute atomic E-state index is 0.0864. The smallest absolute Gasteiger partial charge is 0.254 e. The van der Waals surface area contributed by atoms with Crippen LogP contribution in [0.1, 0.15) is 10.4 Å². The van der Waals surface area contributed by atoms with Gasteiger partial charge in [-0.2, -0.15) is 4.98 Å². The van der Waals surface area contributed by atoms with Gasteiger partial charge in [0, 0.05) is 24.5 Å². The number of aromatic nitrogens is 2. The summed E-state index contributed by atoms with van der Waals surface area (Å²) in [4.78, 5) is 30.6. The topological polar surface area (TPSA) is 145 Å². The normalized spacial score (nSPS) is 11.4. The SMILES string of the molecule is COc1cccc(Nc2nc(NC(C=O)CN)ncc2C(N)=O)c1. The molecule has 126 valence electrons. The van der Waals surface area contributed by atoms with Gasteiger partial charge in [0.1, 0.15) is 23.4 Å². The summed E-state index contributed by atoms with van der Waals surface area (Å²) >= 11 is 0. The third-order valence-electron chi connectivity index (χ3n) is 3.12. The van der Waals surface area contributed by atoms with Crippen LogP contribution in [0.2, 0.25) is 0 Å². The molecule has 0 aliphatic heterocycles. The van der Waals surface area contributed by atoms with E-state index in [-0.39, 0.29) is 23.9 Å². The number of nitrogens with two attached hydrogens (primary N) is 2. The molecule has 0 saturated carbocycles. The molecule has 0 saturated heterocycles. The highest BCUT2D eigenvalue weighted by atomic mass is 16.5. The number of rotatable bonds is 8. The molecule has 0 aliphatic rings. The number of hydrogen-bond acceptors (Lipinski definition) is 8. The standard InChI is InChI=1S/C15H18N6O3/c1-24-11-4-2-3-9(5-11)19-14-12(13(17)23)7-18-15(21-14)20-10(6-16)8-22/h2-5,7-8,10H,6,16H2,1H3,(H2,17,23)(H2,18,19,20,21). The van der Waals surface area contributed by atoms with Crippen molar-refractivity contribution in [3.8, 4) is 5.75 Å². The highest BCUT2D eigenvalue weighted by Gasteiger charge is 2.14. The third kappa shape index (κ3) is 4.17. The second kappa shape index (κ2) is 7.88. The van der Waals surface area contributed by atoms with Crippen molar-refractivity contribution >= 4 is 29.6 Å². The van der Waals surface area contributed by atoms with E-state index in [2.05, 4.69) is 20.6 Å². The maximum atomic E-state index is 11.6. The minimum atomic E-state index is -0.683. The summed E-state index contributed by atoms with van der Waals surface area (Å²) in [6.45, 7) is 0.0864. The number of aldehydes is 1. The van der Waals surface area contributed by atoms with Crippen LogP contribution in [0.4, 0.5) is 17.5 Å². The molecule has 1 aromatic heterocycles. The van der Waals surface area contributed by atoms with Gasteiger partial charge in [-0.1, -0.05) is 6.07 Å². The average Bonchev–Trinajstić information content (AvgIpc) is 2.59. The van der Waals surface area contributed by atoms with Crippen LogP contribution in [0.25, 0.3) is 0 Å². The van der Waals surface area contributed by atoms with Crippen LogP contribution in [-0.2, 0) is 4.79 Å². The predicted octanol–water partition coefficient (Wildman–Crippen LogP) is 0.266. The number of amides is 1. The molecule has 24 heavy (non-hydrogen) atoms. The summed E-state index contributed by atoms with van der Waals surface area (Å²) in [6, 6.07) is 6.44. The van der Waals surface area contributed by atoms with Crippen molar-refractivity contribution in [3.05, 3.63) is 36.0 Å². The van der Waals surface area contributed by atoms with E-state index in [0.717, 1.165) is 0 Å². The third-order valence-corrected chi connectivity index (χ3v) is 3.12. The van der Waals surface area contributed by atoms with Crippen LogP contribution < -0.4 is 26.8 Å².